The lowest BCUT2D eigenvalue weighted by Gasteiger charge is -2.25. The summed E-state index contributed by atoms with van der Waals surface area (Å²) in [6.07, 6.45) is 1.49. The zero-order chi connectivity index (χ0) is 28.2. The number of carbonyl (C=O) groups excluding carboxylic acids is 1. The summed E-state index contributed by atoms with van der Waals surface area (Å²) in [7, 11) is -2.67. The Morgan fingerprint density at radius 2 is 1.72 bits per heavy atom. The van der Waals surface area contributed by atoms with Gasteiger partial charge < -0.3 is 9.30 Å². The SMILES string of the molecule is COc1ccc(C)cc1N(CC(=O)N/N=C\c1cc(C)n(-c2ccc(F)cc2)c1C)S(=O)(=O)c1ccccc1. The van der Waals surface area contributed by atoms with Crippen LogP contribution < -0.4 is 14.5 Å². The standard InChI is InChI=1S/C29H29FN4O4S/c1-20-10-15-28(38-4)27(16-20)33(39(36,37)26-8-6-5-7-9-26)19-29(35)32-31-18-23-17-21(2)34(22(23)3)25-13-11-24(30)12-14-25/h5-18H,19H2,1-4H3,(H,32,35)/b31-18-. The first-order valence-electron chi connectivity index (χ1n) is 12.1. The number of nitrogens with one attached hydrogen (secondary N) is 1. The molecular formula is C29H29FN4O4S. The molecule has 1 N–H and O–H groups in total. The van der Waals surface area contributed by atoms with E-state index in [0.29, 0.717) is 5.75 Å². The van der Waals surface area contributed by atoms with Crippen LogP contribution in [0.15, 0.2) is 88.9 Å². The number of sulfonamides is 1. The minimum absolute atomic E-state index is 0.0399. The summed E-state index contributed by atoms with van der Waals surface area (Å²) in [6.45, 7) is 5.09. The summed E-state index contributed by atoms with van der Waals surface area (Å²) < 4.78 is 49.0. The van der Waals surface area contributed by atoms with Gasteiger partial charge in [-0.3, -0.25) is 9.10 Å². The van der Waals surface area contributed by atoms with Crippen molar-refractivity contribution >= 4 is 27.8 Å². The molecule has 8 nitrogen and oxygen atoms in total. The van der Waals surface area contributed by atoms with E-state index in [9.17, 15) is 17.6 Å². The number of aryl methyl sites for hydroxylation is 2. The van der Waals surface area contributed by atoms with Gasteiger partial charge in [0.1, 0.15) is 18.1 Å². The number of anilines is 1. The van der Waals surface area contributed by atoms with Gasteiger partial charge in [0.05, 0.1) is 23.9 Å². The van der Waals surface area contributed by atoms with E-state index in [-0.39, 0.29) is 16.4 Å². The number of nitrogens with zero attached hydrogens (tertiary/aromatic N) is 3. The number of carbonyl (C=O) groups is 1. The molecule has 0 unspecified atom stereocenters. The number of methoxy groups -OCH3 is 1. The molecule has 4 rings (SSSR count). The largest absolute Gasteiger partial charge is 0.495 e. The Balaban J connectivity index is 1.59. The first kappa shape index (κ1) is 27.6. The molecule has 0 fully saturated rings. The number of hydrogen-bond donors (Lipinski definition) is 1. The van der Waals surface area contributed by atoms with E-state index in [2.05, 4.69) is 10.5 Å². The average molecular weight is 549 g/mol. The van der Waals surface area contributed by atoms with Gasteiger partial charge in [0.15, 0.2) is 0 Å². The zero-order valence-corrected chi connectivity index (χ0v) is 22.9. The summed E-state index contributed by atoms with van der Waals surface area (Å²) in [4.78, 5) is 13.0. The van der Waals surface area contributed by atoms with E-state index >= 15 is 0 Å². The second kappa shape index (κ2) is 11.5. The Labute approximate surface area is 227 Å². The molecule has 0 spiro atoms. The Hall–Kier alpha value is -4.44. The van der Waals surface area contributed by atoms with Crippen LogP contribution in [-0.2, 0) is 14.8 Å². The predicted octanol–water partition coefficient (Wildman–Crippen LogP) is 4.90. The maximum absolute atomic E-state index is 13.6. The Morgan fingerprint density at radius 3 is 2.38 bits per heavy atom. The van der Waals surface area contributed by atoms with Crippen molar-refractivity contribution in [1.29, 1.82) is 0 Å². The summed E-state index contributed by atoms with van der Waals surface area (Å²) in [5.41, 5.74) is 6.76. The summed E-state index contributed by atoms with van der Waals surface area (Å²) in [5.74, 6) is -0.649. The van der Waals surface area contributed by atoms with Crippen LogP contribution in [0.4, 0.5) is 10.1 Å². The van der Waals surface area contributed by atoms with Crippen molar-refractivity contribution in [1.82, 2.24) is 9.99 Å². The maximum atomic E-state index is 13.6. The van der Waals surface area contributed by atoms with E-state index in [1.54, 1.807) is 48.5 Å². The highest BCUT2D eigenvalue weighted by Crippen LogP contribution is 2.33. The molecule has 3 aromatic carbocycles. The minimum atomic E-state index is -4.11. The molecule has 0 atom stereocenters. The molecule has 10 heteroatoms. The van der Waals surface area contributed by atoms with Crippen molar-refractivity contribution < 1.29 is 22.3 Å². The van der Waals surface area contributed by atoms with Crippen LogP contribution in [0.25, 0.3) is 5.69 Å². The van der Waals surface area contributed by atoms with E-state index in [1.807, 2.05) is 31.4 Å². The number of hydrazone groups is 1. The number of ether oxygens (including phenoxy) is 1. The van der Waals surface area contributed by atoms with Gasteiger partial charge >= 0.3 is 0 Å². The second-order valence-corrected chi connectivity index (χ2v) is 10.8. The van der Waals surface area contributed by atoms with E-state index in [4.69, 9.17) is 4.74 Å². The fourth-order valence-corrected chi connectivity index (χ4v) is 5.70. The summed E-state index contributed by atoms with van der Waals surface area (Å²) in [5, 5.41) is 4.08. The first-order valence-corrected chi connectivity index (χ1v) is 13.5. The molecule has 0 aliphatic rings. The Bertz CT molecular complexity index is 1620. The van der Waals surface area contributed by atoms with Gasteiger partial charge in [0.25, 0.3) is 15.9 Å². The van der Waals surface area contributed by atoms with Gasteiger partial charge in [-0.15, -0.1) is 0 Å². The number of rotatable bonds is 9. The van der Waals surface area contributed by atoms with Crippen LogP contribution in [0.3, 0.4) is 0 Å². The first-order chi connectivity index (χ1) is 18.6. The van der Waals surface area contributed by atoms with Crippen LogP contribution in [0.1, 0.15) is 22.5 Å². The van der Waals surface area contributed by atoms with Crippen LogP contribution in [0, 0.1) is 26.6 Å². The van der Waals surface area contributed by atoms with Crippen LogP contribution in [-0.4, -0.2) is 38.8 Å². The molecule has 0 saturated heterocycles. The second-order valence-electron chi connectivity index (χ2n) is 8.93. The molecule has 0 saturated carbocycles. The fraction of sp³-hybridized carbons (Fsp3) is 0.172. The molecule has 0 aliphatic carbocycles. The zero-order valence-electron chi connectivity index (χ0n) is 22.1. The lowest BCUT2D eigenvalue weighted by atomic mass is 10.2. The van der Waals surface area contributed by atoms with Gasteiger partial charge in [0.2, 0.25) is 0 Å². The maximum Gasteiger partial charge on any atom is 0.264 e. The van der Waals surface area contributed by atoms with Gasteiger partial charge in [-0.2, -0.15) is 5.10 Å². The molecule has 0 radical (unpaired) electrons. The van der Waals surface area contributed by atoms with Gasteiger partial charge in [-0.1, -0.05) is 24.3 Å². The Morgan fingerprint density at radius 1 is 1.03 bits per heavy atom. The van der Waals surface area contributed by atoms with Gasteiger partial charge in [0, 0.05) is 22.6 Å². The van der Waals surface area contributed by atoms with Crippen molar-refractivity contribution in [2.75, 3.05) is 18.0 Å². The normalized spacial score (nSPS) is 11.5. The molecule has 1 amide bonds. The third-order valence-electron chi connectivity index (χ3n) is 6.17. The highest BCUT2D eigenvalue weighted by Gasteiger charge is 2.29. The molecule has 1 heterocycles. The quantitative estimate of drug-likeness (QED) is 0.238. The highest BCUT2D eigenvalue weighted by atomic mass is 32.2. The van der Waals surface area contributed by atoms with E-state index < -0.39 is 22.5 Å². The van der Waals surface area contributed by atoms with Crippen LogP contribution in [0.5, 0.6) is 5.75 Å². The van der Waals surface area contributed by atoms with Crippen molar-refractivity contribution in [3.8, 4) is 11.4 Å². The number of halogens is 1. The van der Waals surface area contributed by atoms with Crippen molar-refractivity contribution in [3.05, 3.63) is 107 Å². The fourth-order valence-electron chi connectivity index (χ4n) is 4.26. The monoisotopic (exact) mass is 548 g/mol. The summed E-state index contributed by atoms with van der Waals surface area (Å²) >= 11 is 0. The van der Waals surface area contributed by atoms with Crippen molar-refractivity contribution in [3.63, 3.8) is 0 Å². The molecule has 0 bridgehead atoms. The highest BCUT2D eigenvalue weighted by molar-refractivity contribution is 7.92. The smallest absolute Gasteiger partial charge is 0.264 e. The van der Waals surface area contributed by atoms with E-state index in [1.165, 1.54) is 37.6 Å². The molecule has 1 aromatic heterocycles. The average Bonchev–Trinajstić information content (AvgIpc) is 3.20. The lowest BCUT2D eigenvalue weighted by molar-refractivity contribution is -0.119. The van der Waals surface area contributed by atoms with Crippen molar-refractivity contribution in [2.24, 2.45) is 5.10 Å². The van der Waals surface area contributed by atoms with Crippen molar-refractivity contribution in [2.45, 2.75) is 25.7 Å². The Kier molecular flexibility index (Phi) is 8.15. The van der Waals surface area contributed by atoms with E-state index in [0.717, 1.165) is 32.5 Å². The summed E-state index contributed by atoms with van der Waals surface area (Å²) in [6, 6.07) is 21.0. The van der Waals surface area contributed by atoms with Gasteiger partial charge in [-0.05, 0) is 80.9 Å². The van der Waals surface area contributed by atoms with Crippen LogP contribution >= 0.6 is 0 Å². The number of benzene rings is 3. The lowest BCUT2D eigenvalue weighted by Crippen LogP contribution is -2.39. The third kappa shape index (κ3) is 6.01. The number of aromatic nitrogens is 1. The molecule has 39 heavy (non-hydrogen) atoms. The minimum Gasteiger partial charge on any atom is -0.495 e. The number of amides is 1. The molecule has 4 aromatic rings. The number of hydrogen-bond acceptors (Lipinski definition) is 5. The third-order valence-corrected chi connectivity index (χ3v) is 7.94. The predicted molar refractivity (Wildman–Crippen MR) is 150 cm³/mol. The molecule has 0 aliphatic heterocycles. The topological polar surface area (TPSA) is 93.0 Å². The van der Waals surface area contributed by atoms with Crippen LogP contribution in [0.2, 0.25) is 0 Å². The van der Waals surface area contributed by atoms with Gasteiger partial charge in [-0.25, -0.2) is 18.2 Å². The molecule has 202 valence electrons. The molecular weight excluding hydrogens is 519 g/mol.